The predicted molar refractivity (Wildman–Crippen MR) is 63.4 cm³/mol. The third-order valence-electron chi connectivity index (χ3n) is 2.78. The minimum Gasteiger partial charge on any atom is -0.475 e. The minimum atomic E-state index is -1.14. The standard InChI is InChI=1S/C13H9NO4/c1-7-11(14-18-12(7)13(15)16)10-6-8-4-2-3-5-9(8)17-10/h2-6H,1H3,(H,15,16). The number of carboxylic acids is 1. The normalized spacial score (nSPS) is 10.9. The van der Waals surface area contributed by atoms with Crippen molar-refractivity contribution in [2.75, 3.05) is 0 Å². The van der Waals surface area contributed by atoms with E-state index in [1.165, 1.54) is 0 Å². The molecule has 18 heavy (non-hydrogen) atoms. The number of fused-ring (bicyclic) bond motifs is 1. The Kier molecular flexibility index (Phi) is 2.19. The van der Waals surface area contributed by atoms with Crippen molar-refractivity contribution in [3.05, 3.63) is 41.7 Å². The van der Waals surface area contributed by atoms with Gasteiger partial charge >= 0.3 is 5.97 Å². The zero-order chi connectivity index (χ0) is 12.7. The number of furan rings is 1. The molecular formula is C13H9NO4. The van der Waals surface area contributed by atoms with Gasteiger partial charge in [0, 0.05) is 10.9 Å². The number of carboxylic acid groups (broad SMARTS) is 1. The summed E-state index contributed by atoms with van der Waals surface area (Å²) in [5.41, 5.74) is 1.61. The van der Waals surface area contributed by atoms with Crippen LogP contribution in [0.4, 0.5) is 0 Å². The van der Waals surface area contributed by atoms with E-state index in [2.05, 4.69) is 5.16 Å². The third kappa shape index (κ3) is 1.48. The molecule has 0 fully saturated rings. The molecule has 2 heterocycles. The lowest BCUT2D eigenvalue weighted by molar-refractivity contribution is 0.0651. The highest BCUT2D eigenvalue weighted by Gasteiger charge is 2.21. The van der Waals surface area contributed by atoms with Crippen LogP contribution in [0.5, 0.6) is 0 Å². The van der Waals surface area contributed by atoms with Crippen molar-refractivity contribution in [1.29, 1.82) is 0 Å². The maximum Gasteiger partial charge on any atom is 0.375 e. The molecule has 0 saturated heterocycles. The highest BCUT2D eigenvalue weighted by molar-refractivity contribution is 5.89. The van der Waals surface area contributed by atoms with Gasteiger partial charge in [-0.1, -0.05) is 23.4 Å². The molecule has 0 aliphatic carbocycles. The van der Waals surface area contributed by atoms with E-state index in [0.717, 1.165) is 11.0 Å². The fourth-order valence-electron chi connectivity index (χ4n) is 1.86. The average molecular weight is 243 g/mol. The Labute approximate surface area is 102 Å². The molecule has 0 amide bonds. The van der Waals surface area contributed by atoms with Crippen LogP contribution < -0.4 is 0 Å². The van der Waals surface area contributed by atoms with Gasteiger partial charge in [-0.25, -0.2) is 4.79 Å². The Balaban J connectivity index is 2.17. The number of aromatic carboxylic acids is 1. The predicted octanol–water partition coefficient (Wildman–Crippen LogP) is 3.09. The number of hydrogen-bond acceptors (Lipinski definition) is 4. The topological polar surface area (TPSA) is 76.5 Å². The van der Waals surface area contributed by atoms with Gasteiger partial charge in [0.2, 0.25) is 5.76 Å². The Morgan fingerprint density at radius 2 is 2.11 bits per heavy atom. The molecule has 0 saturated carbocycles. The van der Waals surface area contributed by atoms with Gasteiger partial charge in [0.05, 0.1) is 0 Å². The fraction of sp³-hybridized carbons (Fsp3) is 0.0769. The van der Waals surface area contributed by atoms with Crippen LogP contribution in [0.25, 0.3) is 22.4 Å². The summed E-state index contributed by atoms with van der Waals surface area (Å²) in [7, 11) is 0. The molecule has 0 atom stereocenters. The maximum absolute atomic E-state index is 10.9. The lowest BCUT2D eigenvalue weighted by atomic mass is 10.1. The molecule has 0 radical (unpaired) electrons. The molecule has 1 N–H and O–H groups in total. The van der Waals surface area contributed by atoms with Gasteiger partial charge < -0.3 is 14.0 Å². The summed E-state index contributed by atoms with van der Waals surface area (Å²) in [6, 6.07) is 9.34. The van der Waals surface area contributed by atoms with Gasteiger partial charge in [-0.15, -0.1) is 0 Å². The number of hydrogen-bond donors (Lipinski definition) is 1. The summed E-state index contributed by atoms with van der Waals surface area (Å²) < 4.78 is 10.4. The number of aromatic nitrogens is 1. The van der Waals surface area contributed by atoms with Crippen LogP contribution in [0, 0.1) is 6.92 Å². The van der Waals surface area contributed by atoms with Crippen LogP contribution in [0.3, 0.4) is 0 Å². The lowest BCUT2D eigenvalue weighted by Crippen LogP contribution is -1.95. The van der Waals surface area contributed by atoms with E-state index in [-0.39, 0.29) is 5.76 Å². The van der Waals surface area contributed by atoms with E-state index in [0.29, 0.717) is 17.0 Å². The Morgan fingerprint density at radius 3 is 2.78 bits per heavy atom. The minimum absolute atomic E-state index is 0.162. The molecule has 0 bridgehead atoms. The summed E-state index contributed by atoms with van der Waals surface area (Å²) in [4.78, 5) is 10.9. The molecule has 1 aromatic carbocycles. The van der Waals surface area contributed by atoms with Crippen molar-refractivity contribution in [1.82, 2.24) is 5.16 Å². The molecule has 3 rings (SSSR count). The number of para-hydroxylation sites is 1. The van der Waals surface area contributed by atoms with Gasteiger partial charge in [0.1, 0.15) is 5.58 Å². The van der Waals surface area contributed by atoms with E-state index in [4.69, 9.17) is 14.0 Å². The highest BCUT2D eigenvalue weighted by Crippen LogP contribution is 2.30. The second-order valence-electron chi connectivity index (χ2n) is 3.94. The second-order valence-corrected chi connectivity index (χ2v) is 3.94. The summed E-state index contributed by atoms with van der Waals surface area (Å²) in [5.74, 6) is -0.794. The zero-order valence-electron chi connectivity index (χ0n) is 9.51. The zero-order valence-corrected chi connectivity index (χ0v) is 9.51. The summed E-state index contributed by atoms with van der Waals surface area (Å²) in [5, 5.41) is 13.6. The van der Waals surface area contributed by atoms with Crippen LogP contribution in [0.1, 0.15) is 16.1 Å². The van der Waals surface area contributed by atoms with Crippen molar-refractivity contribution >= 4 is 16.9 Å². The first-order valence-corrected chi connectivity index (χ1v) is 5.35. The number of benzene rings is 1. The highest BCUT2D eigenvalue weighted by atomic mass is 16.5. The Hall–Kier alpha value is -2.56. The van der Waals surface area contributed by atoms with Crippen LogP contribution in [-0.4, -0.2) is 16.2 Å². The fourth-order valence-corrected chi connectivity index (χ4v) is 1.86. The first-order chi connectivity index (χ1) is 8.66. The van der Waals surface area contributed by atoms with Crippen LogP contribution >= 0.6 is 0 Å². The molecule has 0 aliphatic heterocycles. The lowest BCUT2D eigenvalue weighted by Gasteiger charge is -1.90. The van der Waals surface area contributed by atoms with Crippen molar-refractivity contribution in [3.8, 4) is 11.5 Å². The number of carbonyl (C=O) groups is 1. The largest absolute Gasteiger partial charge is 0.475 e. The Bertz CT molecular complexity index is 705. The van der Waals surface area contributed by atoms with E-state index in [1.54, 1.807) is 6.92 Å². The molecule has 90 valence electrons. The molecular weight excluding hydrogens is 234 g/mol. The number of nitrogens with zero attached hydrogens (tertiary/aromatic N) is 1. The smallest absolute Gasteiger partial charge is 0.375 e. The van der Waals surface area contributed by atoms with Crippen LogP contribution in [-0.2, 0) is 0 Å². The van der Waals surface area contributed by atoms with Crippen molar-refractivity contribution < 1.29 is 18.8 Å². The molecule has 0 aliphatic rings. The molecule has 5 nitrogen and oxygen atoms in total. The molecule has 5 heteroatoms. The van der Waals surface area contributed by atoms with Crippen LogP contribution in [0.15, 0.2) is 39.3 Å². The average Bonchev–Trinajstić information content (AvgIpc) is 2.91. The van der Waals surface area contributed by atoms with Gasteiger partial charge in [-0.2, -0.15) is 0 Å². The summed E-state index contributed by atoms with van der Waals surface area (Å²) in [6.07, 6.45) is 0. The second kappa shape index (κ2) is 3.73. The van der Waals surface area contributed by atoms with E-state index >= 15 is 0 Å². The van der Waals surface area contributed by atoms with Crippen molar-refractivity contribution in [2.45, 2.75) is 6.92 Å². The van der Waals surface area contributed by atoms with E-state index < -0.39 is 5.97 Å². The van der Waals surface area contributed by atoms with Crippen molar-refractivity contribution in [2.24, 2.45) is 0 Å². The third-order valence-corrected chi connectivity index (χ3v) is 2.78. The summed E-state index contributed by atoms with van der Waals surface area (Å²) in [6.45, 7) is 1.64. The molecule has 3 aromatic rings. The van der Waals surface area contributed by atoms with E-state index in [1.807, 2.05) is 30.3 Å². The summed E-state index contributed by atoms with van der Waals surface area (Å²) >= 11 is 0. The van der Waals surface area contributed by atoms with Gasteiger partial charge in [-0.05, 0) is 19.1 Å². The SMILES string of the molecule is Cc1c(-c2cc3ccccc3o2)noc1C(=O)O. The number of rotatable bonds is 2. The first-order valence-electron chi connectivity index (χ1n) is 5.35. The van der Waals surface area contributed by atoms with Gasteiger partial charge in [0.15, 0.2) is 11.5 Å². The van der Waals surface area contributed by atoms with Crippen molar-refractivity contribution in [3.63, 3.8) is 0 Å². The molecule has 0 spiro atoms. The van der Waals surface area contributed by atoms with Gasteiger partial charge in [-0.3, -0.25) is 0 Å². The maximum atomic E-state index is 10.9. The first kappa shape index (κ1) is 10.6. The van der Waals surface area contributed by atoms with Gasteiger partial charge in [0.25, 0.3) is 0 Å². The quantitative estimate of drug-likeness (QED) is 0.748. The monoisotopic (exact) mass is 243 g/mol. The molecule has 2 aromatic heterocycles. The Morgan fingerprint density at radius 1 is 1.33 bits per heavy atom. The van der Waals surface area contributed by atoms with Crippen LogP contribution in [0.2, 0.25) is 0 Å². The van der Waals surface area contributed by atoms with E-state index in [9.17, 15) is 4.79 Å². The molecule has 0 unspecified atom stereocenters.